The molecule has 1 aliphatic rings. The number of nitrogens with zero attached hydrogens (tertiary/aromatic N) is 4. The van der Waals surface area contributed by atoms with E-state index in [1.807, 2.05) is 66.7 Å². The maximum Gasteiger partial charge on any atom is 0.281 e. The highest BCUT2D eigenvalue weighted by Crippen LogP contribution is 2.33. The minimum absolute atomic E-state index is 0.168. The van der Waals surface area contributed by atoms with Gasteiger partial charge in [0.25, 0.3) is 5.91 Å². The van der Waals surface area contributed by atoms with Gasteiger partial charge in [-0.05, 0) is 40.1 Å². The van der Waals surface area contributed by atoms with Crippen LogP contribution in [-0.2, 0) is 4.79 Å². The molecule has 0 spiro atoms. The zero-order chi connectivity index (χ0) is 23.6. The molecular formula is C29H22N4O2. The van der Waals surface area contributed by atoms with Crippen molar-refractivity contribution in [3.63, 3.8) is 0 Å². The Kier molecular flexibility index (Phi) is 5.39. The van der Waals surface area contributed by atoms with Gasteiger partial charge in [-0.1, -0.05) is 78.9 Å². The number of amides is 1. The van der Waals surface area contributed by atoms with Gasteiger partial charge >= 0.3 is 0 Å². The molecule has 2 heterocycles. The molecule has 1 amide bonds. The highest BCUT2D eigenvalue weighted by atomic mass is 16.5. The lowest BCUT2D eigenvalue weighted by Crippen LogP contribution is -2.31. The summed E-state index contributed by atoms with van der Waals surface area (Å²) in [6, 6.07) is 31.9. The summed E-state index contributed by atoms with van der Waals surface area (Å²) in [5, 5.41) is 9.43. The normalized spacial score (nSPS) is 15.4. The Balaban J connectivity index is 1.30. The molecule has 0 saturated heterocycles. The number of hydrazone groups is 1. The predicted molar refractivity (Wildman–Crippen MR) is 136 cm³/mol. The Labute approximate surface area is 202 Å². The average molecular weight is 459 g/mol. The van der Waals surface area contributed by atoms with Crippen molar-refractivity contribution in [2.45, 2.75) is 12.5 Å². The largest absolute Gasteiger partial charge is 0.467 e. The van der Waals surface area contributed by atoms with Crippen molar-refractivity contribution in [3.05, 3.63) is 115 Å². The lowest BCUT2D eigenvalue weighted by Gasteiger charge is -2.22. The maximum atomic E-state index is 13.4. The number of rotatable bonds is 5. The highest BCUT2D eigenvalue weighted by Gasteiger charge is 2.33. The van der Waals surface area contributed by atoms with Crippen LogP contribution in [0.15, 0.2) is 108 Å². The summed E-state index contributed by atoms with van der Waals surface area (Å²) < 4.78 is 5.86. The summed E-state index contributed by atoms with van der Waals surface area (Å²) in [6.45, 7) is -0.168. The molecule has 6 rings (SSSR count). The minimum Gasteiger partial charge on any atom is -0.467 e. The van der Waals surface area contributed by atoms with E-state index in [0.29, 0.717) is 12.3 Å². The van der Waals surface area contributed by atoms with E-state index >= 15 is 0 Å². The van der Waals surface area contributed by atoms with E-state index in [2.05, 4.69) is 40.3 Å². The number of benzene rings is 4. The standard InChI is InChI=1S/C29H22N4O2/c34-28(18-35-29-24-12-6-7-13-25(24)30-19-31-29)33-27(21-9-2-1-3-10-21)17-26(32-33)23-15-14-20-8-4-5-11-22(20)16-23/h1-16,19,27H,17-18H2/t27-/m1/s1. The fourth-order valence-corrected chi connectivity index (χ4v) is 4.51. The van der Waals surface area contributed by atoms with Gasteiger partial charge in [0.1, 0.15) is 6.33 Å². The van der Waals surface area contributed by atoms with E-state index in [1.165, 1.54) is 11.7 Å². The molecule has 35 heavy (non-hydrogen) atoms. The van der Waals surface area contributed by atoms with E-state index < -0.39 is 0 Å². The second kappa shape index (κ2) is 8.99. The first kappa shape index (κ1) is 21.0. The zero-order valence-electron chi connectivity index (χ0n) is 18.9. The van der Waals surface area contributed by atoms with Crippen LogP contribution >= 0.6 is 0 Å². The van der Waals surface area contributed by atoms with Crippen LogP contribution in [0.2, 0.25) is 0 Å². The molecule has 1 aromatic heterocycles. The maximum absolute atomic E-state index is 13.4. The number of aromatic nitrogens is 2. The number of para-hydroxylation sites is 1. The topological polar surface area (TPSA) is 67.7 Å². The second-order valence-electron chi connectivity index (χ2n) is 8.46. The van der Waals surface area contributed by atoms with Gasteiger partial charge in [0.15, 0.2) is 6.61 Å². The number of fused-ring (bicyclic) bond motifs is 2. The van der Waals surface area contributed by atoms with Crippen LogP contribution in [0, 0.1) is 0 Å². The number of carbonyl (C=O) groups excluding carboxylic acids is 1. The minimum atomic E-state index is -0.225. The molecule has 6 heteroatoms. The third-order valence-electron chi connectivity index (χ3n) is 6.27. The monoisotopic (exact) mass is 458 g/mol. The van der Waals surface area contributed by atoms with Crippen LogP contribution in [0.5, 0.6) is 5.88 Å². The smallest absolute Gasteiger partial charge is 0.281 e. The molecule has 6 nitrogen and oxygen atoms in total. The lowest BCUT2D eigenvalue weighted by atomic mass is 9.97. The Hall–Kier alpha value is -4.58. The van der Waals surface area contributed by atoms with Gasteiger partial charge < -0.3 is 4.74 Å². The van der Waals surface area contributed by atoms with Crippen molar-refractivity contribution in [2.75, 3.05) is 6.61 Å². The summed E-state index contributed by atoms with van der Waals surface area (Å²) in [7, 11) is 0. The van der Waals surface area contributed by atoms with Gasteiger partial charge in [-0.2, -0.15) is 5.10 Å². The molecule has 0 fully saturated rings. The van der Waals surface area contributed by atoms with Crippen LogP contribution in [-0.4, -0.2) is 33.2 Å². The molecule has 0 radical (unpaired) electrons. The molecule has 0 saturated carbocycles. The Morgan fingerprint density at radius 1 is 0.857 bits per heavy atom. The molecular weight excluding hydrogens is 436 g/mol. The van der Waals surface area contributed by atoms with E-state index in [4.69, 9.17) is 9.84 Å². The van der Waals surface area contributed by atoms with Crippen molar-refractivity contribution in [3.8, 4) is 5.88 Å². The van der Waals surface area contributed by atoms with Crippen LogP contribution in [0.4, 0.5) is 0 Å². The Morgan fingerprint density at radius 2 is 1.63 bits per heavy atom. The van der Waals surface area contributed by atoms with Crippen LogP contribution < -0.4 is 4.74 Å². The number of hydrogen-bond acceptors (Lipinski definition) is 5. The van der Waals surface area contributed by atoms with Crippen molar-refractivity contribution in [1.29, 1.82) is 0 Å². The molecule has 0 N–H and O–H groups in total. The van der Waals surface area contributed by atoms with E-state index in [9.17, 15) is 4.79 Å². The molecule has 170 valence electrons. The van der Waals surface area contributed by atoms with Crippen LogP contribution in [0.1, 0.15) is 23.6 Å². The molecule has 1 atom stereocenters. The van der Waals surface area contributed by atoms with Crippen molar-refractivity contribution < 1.29 is 9.53 Å². The van der Waals surface area contributed by atoms with Gasteiger partial charge in [0.05, 0.1) is 22.7 Å². The van der Waals surface area contributed by atoms with Crippen molar-refractivity contribution in [2.24, 2.45) is 5.10 Å². The molecule has 5 aromatic rings. The molecule has 1 aliphatic heterocycles. The summed E-state index contributed by atoms with van der Waals surface area (Å²) in [4.78, 5) is 21.9. The third kappa shape index (κ3) is 4.10. The number of hydrogen-bond donors (Lipinski definition) is 0. The van der Waals surface area contributed by atoms with Gasteiger partial charge in [0.2, 0.25) is 5.88 Å². The van der Waals surface area contributed by atoms with Crippen LogP contribution in [0.25, 0.3) is 21.7 Å². The quantitative estimate of drug-likeness (QED) is 0.347. The number of carbonyl (C=O) groups is 1. The predicted octanol–water partition coefficient (Wildman–Crippen LogP) is 5.54. The Morgan fingerprint density at radius 3 is 2.51 bits per heavy atom. The van der Waals surface area contributed by atoms with Gasteiger partial charge in [0, 0.05) is 6.42 Å². The fraction of sp³-hybridized carbons (Fsp3) is 0.103. The molecule has 0 aliphatic carbocycles. The zero-order valence-corrected chi connectivity index (χ0v) is 18.9. The summed E-state index contributed by atoms with van der Waals surface area (Å²) in [5.74, 6) is 0.162. The molecule has 0 unspecified atom stereocenters. The van der Waals surface area contributed by atoms with Crippen molar-refractivity contribution >= 4 is 33.3 Å². The highest BCUT2D eigenvalue weighted by molar-refractivity contribution is 6.05. The van der Waals surface area contributed by atoms with E-state index in [0.717, 1.165) is 33.1 Å². The first-order chi connectivity index (χ1) is 17.3. The van der Waals surface area contributed by atoms with E-state index in [1.54, 1.807) is 5.01 Å². The Bertz CT molecular complexity index is 1560. The SMILES string of the molecule is O=C(COc1ncnc2ccccc12)N1N=C(c2ccc3ccccc3c2)C[C@@H]1c1ccccc1. The summed E-state index contributed by atoms with van der Waals surface area (Å²) in [6.07, 6.45) is 2.07. The second-order valence-corrected chi connectivity index (χ2v) is 8.46. The van der Waals surface area contributed by atoms with Crippen molar-refractivity contribution in [1.82, 2.24) is 15.0 Å². The van der Waals surface area contributed by atoms with Gasteiger partial charge in [-0.15, -0.1) is 0 Å². The summed E-state index contributed by atoms with van der Waals surface area (Å²) in [5.41, 5.74) is 3.70. The third-order valence-corrected chi connectivity index (χ3v) is 6.27. The van der Waals surface area contributed by atoms with Gasteiger partial charge in [-0.25, -0.2) is 15.0 Å². The lowest BCUT2D eigenvalue weighted by molar-refractivity contribution is -0.135. The number of ether oxygens (including phenoxy) is 1. The average Bonchev–Trinajstić information content (AvgIpc) is 3.38. The summed E-state index contributed by atoms with van der Waals surface area (Å²) >= 11 is 0. The first-order valence-corrected chi connectivity index (χ1v) is 11.5. The fourth-order valence-electron chi connectivity index (χ4n) is 4.51. The molecule has 4 aromatic carbocycles. The van der Waals surface area contributed by atoms with E-state index in [-0.39, 0.29) is 18.6 Å². The molecule has 0 bridgehead atoms. The first-order valence-electron chi connectivity index (χ1n) is 11.5. The van der Waals surface area contributed by atoms with Crippen LogP contribution in [0.3, 0.4) is 0 Å². The van der Waals surface area contributed by atoms with Gasteiger partial charge in [-0.3, -0.25) is 4.79 Å².